The summed E-state index contributed by atoms with van der Waals surface area (Å²) >= 11 is 1.16. The molecule has 0 aliphatic carbocycles. The molecule has 3 aromatic rings. The normalized spacial score (nSPS) is 10.6. The summed E-state index contributed by atoms with van der Waals surface area (Å²) in [6.07, 6.45) is 2.39. The Balaban J connectivity index is 1.88. The van der Waals surface area contributed by atoms with Crippen LogP contribution in [0.1, 0.15) is 15.9 Å². The van der Waals surface area contributed by atoms with Gasteiger partial charge in [0, 0.05) is 18.3 Å². The van der Waals surface area contributed by atoms with Crippen LogP contribution in [0, 0.1) is 0 Å². The molecule has 6 heteroatoms. The molecule has 0 spiro atoms. The van der Waals surface area contributed by atoms with Crippen LogP contribution in [0.4, 0.5) is 5.69 Å². The van der Waals surface area contributed by atoms with Crippen LogP contribution in [0.3, 0.4) is 0 Å². The molecule has 0 unspecified atom stereocenters. The van der Waals surface area contributed by atoms with Crippen LogP contribution in [0.2, 0.25) is 0 Å². The molecule has 25 heavy (non-hydrogen) atoms. The largest absolute Gasteiger partial charge is 0.496 e. The van der Waals surface area contributed by atoms with Crippen LogP contribution in [0.25, 0.3) is 10.2 Å². The second-order valence-corrected chi connectivity index (χ2v) is 6.58. The third kappa shape index (κ3) is 3.34. The minimum absolute atomic E-state index is 0.0253. The van der Waals surface area contributed by atoms with Gasteiger partial charge in [-0.2, -0.15) is 0 Å². The van der Waals surface area contributed by atoms with E-state index in [1.165, 1.54) is 0 Å². The monoisotopic (exact) mass is 354 g/mol. The topological polar surface area (TPSA) is 60.3 Å². The molecule has 0 bridgehead atoms. The van der Waals surface area contributed by atoms with Crippen molar-refractivity contribution in [2.45, 2.75) is 6.42 Å². The molecule has 0 saturated heterocycles. The summed E-state index contributed by atoms with van der Waals surface area (Å²) in [5.74, 6) is 0.516. The van der Waals surface area contributed by atoms with Crippen molar-refractivity contribution < 1.29 is 9.53 Å². The van der Waals surface area contributed by atoms with Gasteiger partial charge in [-0.25, -0.2) is 0 Å². The van der Waals surface area contributed by atoms with Gasteiger partial charge in [-0.1, -0.05) is 17.4 Å². The number of carbonyl (C=O) groups is 1. The Bertz CT molecular complexity index is 1020. The van der Waals surface area contributed by atoms with Crippen molar-refractivity contribution in [2.75, 3.05) is 12.4 Å². The van der Waals surface area contributed by atoms with Gasteiger partial charge in [-0.05, 0) is 48.4 Å². The number of allylic oxidation sites excluding steroid dienone is 1. The van der Waals surface area contributed by atoms with Crippen molar-refractivity contribution in [3.63, 3.8) is 0 Å². The van der Waals surface area contributed by atoms with Crippen LogP contribution in [-0.2, 0) is 13.5 Å². The molecule has 1 N–H and O–H groups in total. The Hall–Kier alpha value is -2.86. The quantitative estimate of drug-likeness (QED) is 0.712. The number of nitrogens with one attached hydrogen (secondary N) is 1. The highest BCUT2D eigenvalue weighted by atomic mass is 32.1. The lowest BCUT2D eigenvalue weighted by atomic mass is 10.1. The zero-order valence-electron chi connectivity index (χ0n) is 14.0. The average molecular weight is 354 g/mol. The molecule has 3 rings (SSSR count). The van der Waals surface area contributed by atoms with Gasteiger partial charge in [0.05, 0.1) is 17.3 Å². The maximum Gasteiger partial charge on any atom is 0.307 e. The van der Waals surface area contributed by atoms with Crippen molar-refractivity contribution in [1.82, 2.24) is 4.57 Å². The fraction of sp³-hybridized carbons (Fsp3) is 0.158. The summed E-state index contributed by atoms with van der Waals surface area (Å²) in [6, 6.07) is 10.7. The number of fused-ring (bicyclic) bond motifs is 1. The number of anilines is 1. The summed E-state index contributed by atoms with van der Waals surface area (Å²) in [5, 5.41) is 2.88. The number of carbonyl (C=O) groups excluding carboxylic acids is 1. The molecule has 0 saturated carbocycles. The van der Waals surface area contributed by atoms with Crippen molar-refractivity contribution in [3.8, 4) is 5.75 Å². The van der Waals surface area contributed by atoms with E-state index >= 15 is 0 Å². The highest BCUT2D eigenvalue weighted by Crippen LogP contribution is 2.24. The molecule has 0 atom stereocenters. The molecular weight excluding hydrogens is 336 g/mol. The molecule has 0 radical (unpaired) electrons. The van der Waals surface area contributed by atoms with Gasteiger partial charge in [-0.3, -0.25) is 9.59 Å². The molecule has 0 fully saturated rings. The Labute approximate surface area is 149 Å². The van der Waals surface area contributed by atoms with Gasteiger partial charge < -0.3 is 14.6 Å². The molecule has 1 aromatic heterocycles. The summed E-state index contributed by atoms with van der Waals surface area (Å²) in [6.45, 7) is 3.73. The SMILES string of the molecule is C=CCc1cc(C(=O)Nc2ccc3c(c2)sc(=O)n3C)ccc1OC. The zero-order chi connectivity index (χ0) is 18.0. The predicted molar refractivity (Wildman–Crippen MR) is 102 cm³/mol. The first-order valence-electron chi connectivity index (χ1n) is 7.72. The smallest absolute Gasteiger partial charge is 0.307 e. The molecule has 5 nitrogen and oxygen atoms in total. The van der Waals surface area contributed by atoms with E-state index < -0.39 is 0 Å². The molecule has 1 heterocycles. The Kier molecular flexibility index (Phi) is 4.72. The maximum atomic E-state index is 12.5. The van der Waals surface area contributed by atoms with Gasteiger partial charge in [0.1, 0.15) is 5.75 Å². The Morgan fingerprint density at radius 2 is 2.12 bits per heavy atom. The van der Waals surface area contributed by atoms with E-state index in [9.17, 15) is 9.59 Å². The maximum absolute atomic E-state index is 12.5. The standard InChI is InChI=1S/C19H18N2O3S/c1-4-5-12-10-13(6-9-16(12)24-3)18(22)20-14-7-8-15-17(11-14)25-19(23)21(15)2/h4,6-11H,1,5H2,2-3H3,(H,20,22). The van der Waals surface area contributed by atoms with E-state index in [1.807, 2.05) is 12.1 Å². The fourth-order valence-corrected chi connectivity index (χ4v) is 3.57. The number of aromatic nitrogens is 1. The van der Waals surface area contributed by atoms with E-state index in [2.05, 4.69) is 11.9 Å². The Morgan fingerprint density at radius 1 is 1.32 bits per heavy atom. The van der Waals surface area contributed by atoms with Gasteiger partial charge >= 0.3 is 4.87 Å². The lowest BCUT2D eigenvalue weighted by molar-refractivity contribution is 0.102. The van der Waals surface area contributed by atoms with Crippen LogP contribution in [0.5, 0.6) is 5.75 Å². The number of methoxy groups -OCH3 is 1. The third-order valence-electron chi connectivity index (χ3n) is 3.96. The Morgan fingerprint density at radius 3 is 2.84 bits per heavy atom. The summed E-state index contributed by atoms with van der Waals surface area (Å²) in [7, 11) is 3.33. The molecule has 2 aromatic carbocycles. The van der Waals surface area contributed by atoms with E-state index in [-0.39, 0.29) is 10.8 Å². The number of hydrogen-bond acceptors (Lipinski definition) is 4. The number of hydrogen-bond donors (Lipinski definition) is 1. The lowest BCUT2D eigenvalue weighted by Crippen LogP contribution is -2.12. The van der Waals surface area contributed by atoms with Crippen LogP contribution in [-0.4, -0.2) is 17.6 Å². The molecular formula is C19H18N2O3S. The minimum Gasteiger partial charge on any atom is -0.496 e. The summed E-state index contributed by atoms with van der Waals surface area (Å²) in [4.78, 5) is 24.2. The first-order valence-corrected chi connectivity index (χ1v) is 8.54. The number of ether oxygens (including phenoxy) is 1. The second kappa shape index (κ2) is 6.94. The molecule has 0 aliphatic rings. The number of thiazole rings is 1. The van der Waals surface area contributed by atoms with Crippen LogP contribution < -0.4 is 14.9 Å². The highest BCUT2D eigenvalue weighted by Gasteiger charge is 2.11. The van der Waals surface area contributed by atoms with Gasteiger partial charge in [0.2, 0.25) is 0 Å². The highest BCUT2D eigenvalue weighted by molar-refractivity contribution is 7.16. The zero-order valence-corrected chi connectivity index (χ0v) is 14.9. The van der Waals surface area contributed by atoms with E-state index in [4.69, 9.17) is 4.74 Å². The first-order chi connectivity index (χ1) is 12.0. The van der Waals surface area contributed by atoms with Crippen LogP contribution >= 0.6 is 11.3 Å². The van der Waals surface area contributed by atoms with Crippen molar-refractivity contribution in [1.29, 1.82) is 0 Å². The number of rotatable bonds is 5. The summed E-state index contributed by atoms with van der Waals surface area (Å²) < 4.78 is 7.74. The third-order valence-corrected chi connectivity index (χ3v) is 4.95. The van der Waals surface area contributed by atoms with Gasteiger partial charge in [0.25, 0.3) is 5.91 Å². The minimum atomic E-state index is -0.212. The lowest BCUT2D eigenvalue weighted by Gasteiger charge is -2.10. The van der Waals surface area contributed by atoms with Crippen molar-refractivity contribution in [3.05, 3.63) is 69.8 Å². The fourth-order valence-electron chi connectivity index (χ4n) is 2.65. The molecule has 1 amide bonds. The van der Waals surface area contributed by atoms with Crippen molar-refractivity contribution in [2.24, 2.45) is 7.05 Å². The number of nitrogens with zero attached hydrogens (tertiary/aromatic N) is 1. The first kappa shape index (κ1) is 17.0. The molecule has 0 aliphatic heterocycles. The predicted octanol–water partition coefficient (Wildman–Crippen LogP) is 3.59. The average Bonchev–Trinajstić information content (AvgIpc) is 2.89. The number of aryl methyl sites for hydroxylation is 1. The van der Waals surface area contributed by atoms with Crippen LogP contribution in [0.15, 0.2) is 53.8 Å². The molecule has 128 valence electrons. The number of benzene rings is 2. The van der Waals surface area contributed by atoms with Crippen molar-refractivity contribution >= 4 is 33.1 Å². The second-order valence-electron chi connectivity index (χ2n) is 5.58. The van der Waals surface area contributed by atoms with E-state index in [0.29, 0.717) is 17.7 Å². The number of amides is 1. The van der Waals surface area contributed by atoms with E-state index in [0.717, 1.165) is 32.9 Å². The van der Waals surface area contributed by atoms with Gasteiger partial charge in [-0.15, -0.1) is 6.58 Å². The summed E-state index contributed by atoms with van der Waals surface area (Å²) in [5.41, 5.74) is 2.95. The van der Waals surface area contributed by atoms with Gasteiger partial charge in [0.15, 0.2) is 0 Å². The van der Waals surface area contributed by atoms with E-state index in [1.54, 1.807) is 49.1 Å².